The summed E-state index contributed by atoms with van der Waals surface area (Å²) in [6, 6.07) is 18.0. The van der Waals surface area contributed by atoms with E-state index in [0.717, 1.165) is 21.6 Å². The van der Waals surface area contributed by atoms with Crippen molar-refractivity contribution in [3.05, 3.63) is 70.6 Å². The molecule has 3 nitrogen and oxygen atoms in total. The van der Waals surface area contributed by atoms with Crippen LogP contribution in [0.1, 0.15) is 24.5 Å². The summed E-state index contributed by atoms with van der Waals surface area (Å²) in [5, 5.41) is 0. The van der Waals surface area contributed by atoms with Crippen molar-refractivity contribution in [1.82, 2.24) is 0 Å². The summed E-state index contributed by atoms with van der Waals surface area (Å²) in [6.45, 7) is 3.96. The second kappa shape index (κ2) is 8.51. The van der Waals surface area contributed by atoms with Crippen LogP contribution >= 0.6 is 11.8 Å². The lowest BCUT2D eigenvalue weighted by Crippen LogP contribution is -2.18. The number of rotatable bonds is 7. The number of benzene rings is 2. The topological polar surface area (TPSA) is 43.4 Å². The zero-order chi connectivity index (χ0) is 17.6. The first-order chi connectivity index (χ1) is 11.4. The number of thioether (sulfide) groups is 1. The van der Waals surface area contributed by atoms with E-state index in [4.69, 9.17) is 4.18 Å². The minimum atomic E-state index is -3.53. The molecule has 0 radical (unpaired) electrons. The summed E-state index contributed by atoms with van der Waals surface area (Å²) in [4.78, 5) is 1.93. The highest BCUT2D eigenvalue weighted by Gasteiger charge is 2.19. The van der Waals surface area contributed by atoms with Gasteiger partial charge in [-0.25, -0.2) is 0 Å². The van der Waals surface area contributed by atoms with Gasteiger partial charge in [0.1, 0.15) is 6.10 Å². The zero-order valence-corrected chi connectivity index (χ0v) is 15.7. The van der Waals surface area contributed by atoms with Crippen LogP contribution < -0.4 is 0 Å². The van der Waals surface area contributed by atoms with Gasteiger partial charge in [-0.3, -0.25) is 4.18 Å². The highest BCUT2D eigenvalue weighted by molar-refractivity contribution is 8.03. The maximum absolute atomic E-state index is 11.6. The van der Waals surface area contributed by atoms with Crippen molar-refractivity contribution < 1.29 is 12.6 Å². The molecule has 1 atom stereocenters. The molecule has 2 aromatic rings. The Hall–Kier alpha value is -1.56. The smallest absolute Gasteiger partial charge is 0.262 e. The Morgan fingerprint density at radius 2 is 1.75 bits per heavy atom. The Kier molecular flexibility index (Phi) is 6.66. The molecule has 0 spiro atoms. The Bertz CT molecular complexity index is 779. The van der Waals surface area contributed by atoms with Gasteiger partial charge in [0, 0.05) is 9.80 Å². The molecule has 0 fully saturated rings. The van der Waals surface area contributed by atoms with Crippen LogP contribution in [0.25, 0.3) is 6.08 Å². The van der Waals surface area contributed by atoms with E-state index in [0.29, 0.717) is 6.42 Å². The molecule has 0 aromatic heterocycles. The first-order valence-corrected chi connectivity index (χ1v) is 10.4. The predicted molar refractivity (Wildman–Crippen MR) is 101 cm³/mol. The lowest BCUT2D eigenvalue weighted by atomic mass is 10.1. The SMILES string of the molecule is CC[C@H](OS(C)(=O)=O)/C(=C\c1ccccc1)Sc1ccc(C)cc1. The summed E-state index contributed by atoms with van der Waals surface area (Å²) >= 11 is 1.54. The normalized spacial score (nSPS) is 13.7. The maximum atomic E-state index is 11.6. The van der Waals surface area contributed by atoms with E-state index in [1.54, 1.807) is 0 Å². The van der Waals surface area contributed by atoms with Crippen molar-refractivity contribution in [1.29, 1.82) is 0 Å². The van der Waals surface area contributed by atoms with Gasteiger partial charge in [0.05, 0.1) is 6.26 Å². The molecule has 5 heteroatoms. The molecule has 0 bridgehead atoms. The van der Waals surface area contributed by atoms with Crippen molar-refractivity contribution in [2.75, 3.05) is 6.26 Å². The fraction of sp³-hybridized carbons (Fsp3) is 0.263. The van der Waals surface area contributed by atoms with Gasteiger partial charge >= 0.3 is 0 Å². The van der Waals surface area contributed by atoms with Crippen LogP contribution in [0.3, 0.4) is 0 Å². The highest BCUT2D eigenvalue weighted by atomic mass is 32.2. The number of hydrogen-bond donors (Lipinski definition) is 0. The second-order valence-electron chi connectivity index (χ2n) is 5.57. The first kappa shape index (κ1) is 18.8. The molecule has 0 aliphatic rings. The second-order valence-corrected chi connectivity index (χ2v) is 8.32. The Balaban J connectivity index is 2.36. The minimum Gasteiger partial charge on any atom is -0.262 e. The van der Waals surface area contributed by atoms with Gasteiger partial charge in [-0.05, 0) is 37.1 Å². The molecule has 2 aromatic carbocycles. The Morgan fingerprint density at radius 3 is 2.29 bits per heavy atom. The fourth-order valence-corrected chi connectivity index (χ4v) is 3.98. The van der Waals surface area contributed by atoms with Crippen LogP contribution in [0.15, 0.2) is 64.4 Å². The summed E-state index contributed by atoms with van der Waals surface area (Å²) in [7, 11) is -3.53. The third kappa shape index (κ3) is 6.15. The molecule has 0 amide bonds. The average Bonchev–Trinajstić information content (AvgIpc) is 2.54. The molecule has 0 saturated carbocycles. The molecule has 0 N–H and O–H groups in total. The van der Waals surface area contributed by atoms with Crippen molar-refractivity contribution in [2.45, 2.75) is 31.3 Å². The van der Waals surface area contributed by atoms with Crippen LogP contribution in [0.4, 0.5) is 0 Å². The molecule has 0 unspecified atom stereocenters. The van der Waals surface area contributed by atoms with Gasteiger partial charge in [-0.1, -0.05) is 66.7 Å². The van der Waals surface area contributed by atoms with Gasteiger partial charge in [0.25, 0.3) is 10.1 Å². The highest BCUT2D eigenvalue weighted by Crippen LogP contribution is 2.33. The van der Waals surface area contributed by atoms with E-state index in [1.807, 2.05) is 74.5 Å². The van der Waals surface area contributed by atoms with Crippen LogP contribution in [-0.4, -0.2) is 20.8 Å². The lowest BCUT2D eigenvalue weighted by molar-refractivity contribution is 0.251. The molecule has 0 aliphatic heterocycles. The third-order valence-corrected chi connectivity index (χ3v) is 5.05. The molecule has 24 heavy (non-hydrogen) atoms. The van der Waals surface area contributed by atoms with Crippen LogP contribution in [0.5, 0.6) is 0 Å². The molecule has 2 rings (SSSR count). The Labute approximate surface area is 148 Å². The van der Waals surface area contributed by atoms with Crippen molar-refractivity contribution in [3.63, 3.8) is 0 Å². The largest absolute Gasteiger partial charge is 0.264 e. The van der Waals surface area contributed by atoms with Crippen LogP contribution in [0, 0.1) is 6.92 Å². The predicted octanol–water partition coefficient (Wildman–Crippen LogP) is 4.88. The van der Waals surface area contributed by atoms with Gasteiger partial charge in [-0.15, -0.1) is 0 Å². The fourth-order valence-electron chi connectivity index (χ4n) is 2.17. The summed E-state index contributed by atoms with van der Waals surface area (Å²) in [6.07, 6.45) is 3.16. The van der Waals surface area contributed by atoms with E-state index in [-0.39, 0.29) is 0 Å². The molecule has 0 saturated heterocycles. The first-order valence-electron chi connectivity index (χ1n) is 7.77. The standard InChI is InChI=1S/C19H22O3S2/c1-4-18(22-24(3,20)21)19(14-16-8-6-5-7-9-16)23-17-12-10-15(2)11-13-17/h5-14,18H,4H2,1-3H3/b19-14+/t18-/m0/s1. The lowest BCUT2D eigenvalue weighted by Gasteiger charge is -2.18. The van der Waals surface area contributed by atoms with E-state index >= 15 is 0 Å². The number of aryl methyl sites for hydroxylation is 1. The van der Waals surface area contributed by atoms with Gasteiger partial charge in [-0.2, -0.15) is 8.42 Å². The zero-order valence-electron chi connectivity index (χ0n) is 14.1. The number of hydrogen-bond acceptors (Lipinski definition) is 4. The summed E-state index contributed by atoms with van der Waals surface area (Å²) < 4.78 is 28.5. The molecule has 128 valence electrons. The van der Waals surface area contributed by atoms with Gasteiger partial charge < -0.3 is 0 Å². The van der Waals surface area contributed by atoms with Crippen molar-refractivity contribution in [3.8, 4) is 0 Å². The minimum absolute atomic E-state index is 0.494. The van der Waals surface area contributed by atoms with Crippen LogP contribution in [-0.2, 0) is 14.3 Å². The molecular formula is C19H22O3S2. The van der Waals surface area contributed by atoms with E-state index in [1.165, 1.54) is 17.3 Å². The summed E-state index contributed by atoms with van der Waals surface area (Å²) in [5.74, 6) is 0. The molecule has 0 aliphatic carbocycles. The average molecular weight is 363 g/mol. The molecule has 0 heterocycles. The van der Waals surface area contributed by atoms with Crippen LogP contribution in [0.2, 0.25) is 0 Å². The summed E-state index contributed by atoms with van der Waals surface area (Å²) in [5.41, 5.74) is 2.20. The monoisotopic (exact) mass is 362 g/mol. The van der Waals surface area contributed by atoms with Gasteiger partial charge in [0.2, 0.25) is 0 Å². The van der Waals surface area contributed by atoms with Crippen molar-refractivity contribution in [2.24, 2.45) is 0 Å². The van der Waals surface area contributed by atoms with Gasteiger partial charge in [0.15, 0.2) is 0 Å². The Morgan fingerprint density at radius 1 is 1.12 bits per heavy atom. The third-order valence-electron chi connectivity index (χ3n) is 3.34. The van der Waals surface area contributed by atoms with Crippen molar-refractivity contribution >= 4 is 28.0 Å². The van der Waals surface area contributed by atoms with E-state index < -0.39 is 16.2 Å². The maximum Gasteiger partial charge on any atom is 0.264 e. The van der Waals surface area contributed by atoms with E-state index in [2.05, 4.69) is 0 Å². The quantitative estimate of drug-likeness (QED) is 0.520. The molecular weight excluding hydrogens is 340 g/mol. The van der Waals surface area contributed by atoms with E-state index in [9.17, 15) is 8.42 Å².